The first-order valence-electron chi connectivity index (χ1n) is 16.0. The predicted octanol–water partition coefficient (Wildman–Crippen LogP) is 4.66. The minimum atomic E-state index is -1.67. The largest absolute Gasteiger partial charge is 0.490 e. The molecule has 0 spiro atoms. The molecule has 1 saturated heterocycles. The van der Waals surface area contributed by atoms with Crippen LogP contribution < -0.4 is 5.73 Å². The molecule has 9 nitrogen and oxygen atoms in total. The van der Waals surface area contributed by atoms with E-state index in [-0.39, 0.29) is 48.0 Å². The van der Waals surface area contributed by atoms with Crippen molar-refractivity contribution in [1.29, 1.82) is 0 Å². The van der Waals surface area contributed by atoms with E-state index >= 15 is 0 Å². The smallest absolute Gasteiger partial charge is 0.373 e. The SMILES string of the molecule is CO/C1=C\C(C)=C\[C@@H](C)[C@@H](O)[C@@H](C)C/C(C)=C/C=C/[C@H](OC)C([C@@H](C)[C@@H](O)[C@H](C)[C@@]2(O)C[C@@H](N)[C@H](C)[C@@H](C(C)C)O2)OC1=O. The van der Waals surface area contributed by atoms with Crippen molar-refractivity contribution < 1.29 is 39.1 Å². The van der Waals surface area contributed by atoms with Gasteiger partial charge in [0.05, 0.1) is 25.4 Å². The number of allylic oxidation sites excluding steroid dienone is 5. The third kappa shape index (κ3) is 9.50. The lowest BCUT2D eigenvalue weighted by Gasteiger charge is -2.50. The van der Waals surface area contributed by atoms with Crippen molar-refractivity contribution in [2.24, 2.45) is 41.2 Å². The van der Waals surface area contributed by atoms with E-state index in [1.807, 2.05) is 66.7 Å². The number of cyclic esters (lactones) is 1. The molecule has 1 fully saturated rings. The molecular formula is C35H59NO8. The maximum absolute atomic E-state index is 13.5. The Morgan fingerprint density at radius 3 is 2.30 bits per heavy atom. The van der Waals surface area contributed by atoms with Crippen LogP contribution in [0.25, 0.3) is 0 Å². The first kappa shape index (κ1) is 38.2. The number of carbonyl (C=O) groups is 1. The summed E-state index contributed by atoms with van der Waals surface area (Å²) in [5.41, 5.74) is 8.26. The molecule has 2 rings (SSSR count). The lowest BCUT2D eigenvalue weighted by Crippen LogP contribution is -2.60. The van der Waals surface area contributed by atoms with Gasteiger partial charge in [-0.3, -0.25) is 0 Å². The maximum Gasteiger partial charge on any atom is 0.373 e. The van der Waals surface area contributed by atoms with Crippen molar-refractivity contribution in [2.75, 3.05) is 14.2 Å². The van der Waals surface area contributed by atoms with Gasteiger partial charge in [0, 0.05) is 37.3 Å². The number of carbonyl (C=O) groups excluding carboxylic acids is 1. The van der Waals surface area contributed by atoms with Gasteiger partial charge in [-0.15, -0.1) is 0 Å². The first-order chi connectivity index (χ1) is 20.5. The van der Waals surface area contributed by atoms with Crippen LogP contribution in [0.4, 0.5) is 0 Å². The highest BCUT2D eigenvalue weighted by molar-refractivity contribution is 5.87. The summed E-state index contributed by atoms with van der Waals surface area (Å²) >= 11 is 0. The van der Waals surface area contributed by atoms with E-state index in [0.29, 0.717) is 6.42 Å². The van der Waals surface area contributed by atoms with Gasteiger partial charge in [0.1, 0.15) is 12.2 Å². The second kappa shape index (κ2) is 16.5. The Bertz CT molecular complexity index is 1070. The van der Waals surface area contributed by atoms with Crippen LogP contribution in [-0.2, 0) is 23.7 Å². The molecular weight excluding hydrogens is 562 g/mol. The van der Waals surface area contributed by atoms with Crippen LogP contribution >= 0.6 is 0 Å². The molecule has 2 aliphatic rings. The standard InChI is InChI=1S/C35H59NO8/c1-19(2)32-24(7)27(36)18-35(40,44-32)26(9)31(38)25(8)33-28(41-10)14-12-13-20(3)15-22(5)30(37)23(6)16-21(4)17-29(42-11)34(39)43-33/h12-14,16-17,19,22-28,30-33,37-38,40H,15,18,36H2,1-11H3/b14-12+,20-13+,21-16+,29-17-/t22-,23+,24-,25-,26-,27+,28-,30-,31+,32+,33?,35+/m0/s1. The van der Waals surface area contributed by atoms with Crippen molar-refractivity contribution in [2.45, 2.75) is 118 Å². The second-order valence-corrected chi connectivity index (χ2v) is 13.7. The van der Waals surface area contributed by atoms with Crippen LogP contribution in [-0.4, -0.2) is 77.9 Å². The average molecular weight is 622 g/mol. The number of methoxy groups -OCH3 is 2. The molecule has 2 aliphatic heterocycles. The first-order valence-corrected chi connectivity index (χ1v) is 16.0. The highest BCUT2D eigenvalue weighted by Crippen LogP contribution is 2.41. The van der Waals surface area contributed by atoms with Gasteiger partial charge in [-0.05, 0) is 44.1 Å². The molecule has 0 aromatic heterocycles. The van der Waals surface area contributed by atoms with Crippen LogP contribution in [0.3, 0.4) is 0 Å². The van der Waals surface area contributed by atoms with Crippen LogP contribution in [0.1, 0.15) is 75.2 Å². The van der Waals surface area contributed by atoms with Crippen LogP contribution in [0, 0.1) is 35.5 Å². The van der Waals surface area contributed by atoms with E-state index < -0.39 is 48.0 Å². The summed E-state index contributed by atoms with van der Waals surface area (Å²) in [5, 5.41) is 34.4. The lowest BCUT2D eigenvalue weighted by molar-refractivity contribution is -0.315. The number of ether oxygens (including phenoxy) is 4. The molecule has 2 heterocycles. The number of nitrogens with two attached hydrogens (primary N) is 1. The third-order valence-electron chi connectivity index (χ3n) is 9.59. The summed E-state index contributed by atoms with van der Waals surface area (Å²) in [6, 6.07) is -0.312. The molecule has 0 aromatic rings. The van der Waals surface area contributed by atoms with Gasteiger partial charge in [0.15, 0.2) is 5.79 Å². The number of aliphatic hydroxyl groups is 3. The van der Waals surface area contributed by atoms with Gasteiger partial charge in [-0.25, -0.2) is 4.79 Å². The van der Waals surface area contributed by atoms with Gasteiger partial charge in [0.25, 0.3) is 0 Å². The van der Waals surface area contributed by atoms with Crippen molar-refractivity contribution in [1.82, 2.24) is 0 Å². The maximum atomic E-state index is 13.5. The lowest BCUT2D eigenvalue weighted by atomic mass is 9.75. The van der Waals surface area contributed by atoms with Crippen molar-refractivity contribution >= 4 is 5.97 Å². The summed E-state index contributed by atoms with van der Waals surface area (Å²) in [7, 11) is 2.90. The van der Waals surface area contributed by atoms with E-state index in [1.165, 1.54) is 14.2 Å². The third-order valence-corrected chi connectivity index (χ3v) is 9.59. The average Bonchev–Trinajstić information content (AvgIpc) is 2.96. The molecule has 0 aromatic carbocycles. The van der Waals surface area contributed by atoms with E-state index in [0.717, 1.165) is 11.1 Å². The Kier molecular flexibility index (Phi) is 14.3. The molecule has 252 valence electrons. The Labute approximate surface area is 265 Å². The van der Waals surface area contributed by atoms with Gasteiger partial charge in [-0.1, -0.05) is 83.9 Å². The fourth-order valence-corrected chi connectivity index (χ4v) is 6.60. The zero-order chi connectivity index (χ0) is 33.5. The summed E-state index contributed by atoms with van der Waals surface area (Å²) in [6.45, 7) is 17.3. The van der Waals surface area contributed by atoms with Gasteiger partial charge >= 0.3 is 5.97 Å². The van der Waals surface area contributed by atoms with Crippen LogP contribution in [0.2, 0.25) is 0 Å². The zero-order valence-corrected chi connectivity index (χ0v) is 28.7. The summed E-state index contributed by atoms with van der Waals surface area (Å²) in [6.07, 6.45) is 6.21. The summed E-state index contributed by atoms with van der Waals surface area (Å²) in [4.78, 5) is 13.5. The normalized spacial score (nSPS) is 41.2. The molecule has 5 N–H and O–H groups in total. The monoisotopic (exact) mass is 621 g/mol. The van der Waals surface area contributed by atoms with E-state index in [9.17, 15) is 20.1 Å². The number of hydrogen-bond acceptors (Lipinski definition) is 9. The molecule has 0 bridgehead atoms. The van der Waals surface area contributed by atoms with E-state index in [1.54, 1.807) is 26.0 Å². The predicted molar refractivity (Wildman–Crippen MR) is 172 cm³/mol. The van der Waals surface area contributed by atoms with Crippen LogP contribution in [0.15, 0.2) is 47.3 Å². The summed E-state index contributed by atoms with van der Waals surface area (Å²) < 4.78 is 23.5. The molecule has 12 atom stereocenters. The van der Waals surface area contributed by atoms with Crippen molar-refractivity contribution in [3.8, 4) is 0 Å². The number of aliphatic hydroxyl groups excluding tert-OH is 2. The van der Waals surface area contributed by atoms with E-state index in [2.05, 4.69) is 0 Å². The summed E-state index contributed by atoms with van der Waals surface area (Å²) in [5.74, 6) is -3.89. The molecule has 0 aliphatic carbocycles. The Hall–Kier alpha value is -2.01. The van der Waals surface area contributed by atoms with Crippen LogP contribution in [0.5, 0.6) is 0 Å². The molecule has 0 saturated carbocycles. The number of esters is 1. The Morgan fingerprint density at radius 1 is 1.09 bits per heavy atom. The topological polar surface area (TPSA) is 141 Å². The highest BCUT2D eigenvalue weighted by Gasteiger charge is 2.51. The van der Waals surface area contributed by atoms with Crippen molar-refractivity contribution in [3.63, 3.8) is 0 Å². The molecule has 44 heavy (non-hydrogen) atoms. The quantitative estimate of drug-likeness (QED) is 0.299. The van der Waals surface area contributed by atoms with Gasteiger partial charge in [-0.2, -0.15) is 0 Å². The minimum absolute atomic E-state index is 0.00396. The second-order valence-electron chi connectivity index (χ2n) is 13.7. The van der Waals surface area contributed by atoms with Gasteiger partial charge in [0.2, 0.25) is 5.76 Å². The van der Waals surface area contributed by atoms with Crippen molar-refractivity contribution in [3.05, 3.63) is 47.3 Å². The Morgan fingerprint density at radius 2 is 1.73 bits per heavy atom. The molecule has 0 amide bonds. The fraction of sp³-hybridized carbons (Fsp3) is 0.743. The van der Waals surface area contributed by atoms with Gasteiger partial charge < -0.3 is 40.0 Å². The molecule has 9 heteroatoms. The highest BCUT2D eigenvalue weighted by atomic mass is 16.6. The molecule has 1 unspecified atom stereocenters. The van der Waals surface area contributed by atoms with E-state index in [4.69, 9.17) is 24.7 Å². The minimum Gasteiger partial charge on any atom is -0.490 e. The Balaban J connectivity index is 2.52. The fourth-order valence-electron chi connectivity index (χ4n) is 6.60. The zero-order valence-electron chi connectivity index (χ0n) is 28.7. The number of rotatable bonds is 7. The molecule has 0 radical (unpaired) electrons. The number of hydrogen-bond donors (Lipinski definition) is 4.